The highest BCUT2D eigenvalue weighted by atomic mass is 127. The molecule has 1 saturated carbocycles. The lowest BCUT2D eigenvalue weighted by molar-refractivity contribution is -0.201. The first-order valence-corrected chi connectivity index (χ1v) is 7.27. The Kier molecular flexibility index (Phi) is 7.19. The van der Waals surface area contributed by atoms with E-state index in [-0.39, 0.29) is 30.0 Å². The maximum atomic E-state index is 12.3. The van der Waals surface area contributed by atoms with Gasteiger partial charge in [-0.25, -0.2) is 0 Å². The molecule has 0 amide bonds. The number of rotatable bonds is 4. The third kappa shape index (κ3) is 5.41. The van der Waals surface area contributed by atoms with E-state index >= 15 is 0 Å². The fourth-order valence-electron chi connectivity index (χ4n) is 2.61. The van der Waals surface area contributed by atoms with Crippen LogP contribution in [0.4, 0.5) is 13.2 Å². The molecule has 1 aliphatic heterocycles. The molecule has 1 saturated heterocycles. The smallest absolute Gasteiger partial charge is 0.382 e. The van der Waals surface area contributed by atoms with Crippen LogP contribution in [0.25, 0.3) is 0 Å². The van der Waals surface area contributed by atoms with Gasteiger partial charge in [-0.15, -0.1) is 24.0 Å². The van der Waals surface area contributed by atoms with E-state index in [0.29, 0.717) is 17.9 Å². The number of nitrogens with one attached hydrogen (secondary N) is 2. The molecule has 1 heterocycles. The standard InChI is InChI=1S/C13H23F3N4O.HI/c1-8-6-20(9-3-4-9)7-10(8)19-12(17-2)18-5-11(21)13(14,15)16;/h8-11,21H,3-7H2,1-2H3,(H2,17,18,19);1H. The first-order valence-electron chi connectivity index (χ1n) is 7.27. The molecule has 2 fully saturated rings. The second kappa shape index (κ2) is 8.00. The minimum absolute atomic E-state index is 0. The van der Waals surface area contributed by atoms with Gasteiger partial charge in [0, 0.05) is 32.2 Å². The Balaban J connectivity index is 0.00000242. The van der Waals surface area contributed by atoms with E-state index in [1.54, 1.807) is 0 Å². The van der Waals surface area contributed by atoms with Crippen molar-refractivity contribution in [2.45, 2.75) is 44.1 Å². The van der Waals surface area contributed by atoms with Crippen LogP contribution in [-0.2, 0) is 0 Å². The zero-order valence-corrected chi connectivity index (χ0v) is 15.1. The highest BCUT2D eigenvalue weighted by Crippen LogP contribution is 2.31. The molecule has 3 N–H and O–H groups in total. The van der Waals surface area contributed by atoms with Crippen LogP contribution < -0.4 is 10.6 Å². The van der Waals surface area contributed by atoms with Crippen LogP contribution in [0.3, 0.4) is 0 Å². The van der Waals surface area contributed by atoms with Crippen LogP contribution in [0, 0.1) is 5.92 Å². The molecule has 22 heavy (non-hydrogen) atoms. The molecular weight excluding hydrogens is 412 g/mol. The van der Waals surface area contributed by atoms with Crippen molar-refractivity contribution in [1.82, 2.24) is 15.5 Å². The number of aliphatic hydroxyl groups is 1. The zero-order valence-electron chi connectivity index (χ0n) is 12.7. The average Bonchev–Trinajstić information content (AvgIpc) is 3.18. The van der Waals surface area contributed by atoms with Gasteiger partial charge in [0.15, 0.2) is 12.1 Å². The van der Waals surface area contributed by atoms with Crippen molar-refractivity contribution < 1.29 is 18.3 Å². The first kappa shape index (κ1) is 19.8. The lowest BCUT2D eigenvalue weighted by atomic mass is 10.1. The number of hydrogen-bond donors (Lipinski definition) is 3. The van der Waals surface area contributed by atoms with Crippen molar-refractivity contribution >= 4 is 29.9 Å². The molecule has 2 rings (SSSR count). The summed E-state index contributed by atoms with van der Waals surface area (Å²) in [7, 11) is 1.51. The summed E-state index contributed by atoms with van der Waals surface area (Å²) >= 11 is 0. The number of aliphatic hydroxyl groups excluding tert-OH is 1. The number of nitrogens with zero attached hydrogens (tertiary/aromatic N) is 2. The van der Waals surface area contributed by atoms with Crippen molar-refractivity contribution in [2.24, 2.45) is 10.9 Å². The molecule has 2 aliphatic rings. The highest BCUT2D eigenvalue weighted by Gasteiger charge is 2.39. The normalized spacial score (nSPS) is 28.2. The van der Waals surface area contributed by atoms with Gasteiger partial charge in [-0.05, 0) is 18.8 Å². The molecule has 1 aliphatic carbocycles. The van der Waals surface area contributed by atoms with Gasteiger partial charge < -0.3 is 15.7 Å². The predicted octanol–water partition coefficient (Wildman–Crippen LogP) is 1.18. The van der Waals surface area contributed by atoms with Crippen molar-refractivity contribution in [3.05, 3.63) is 0 Å². The van der Waals surface area contributed by atoms with E-state index in [2.05, 4.69) is 27.4 Å². The summed E-state index contributed by atoms with van der Waals surface area (Å²) in [5.41, 5.74) is 0. The largest absolute Gasteiger partial charge is 0.416 e. The molecule has 0 bridgehead atoms. The second-order valence-corrected chi connectivity index (χ2v) is 5.92. The van der Waals surface area contributed by atoms with E-state index in [4.69, 9.17) is 5.11 Å². The Morgan fingerprint density at radius 3 is 2.50 bits per heavy atom. The molecular formula is C13H24F3IN4O. The van der Waals surface area contributed by atoms with E-state index in [0.717, 1.165) is 13.1 Å². The van der Waals surface area contributed by atoms with Crippen LogP contribution >= 0.6 is 24.0 Å². The summed E-state index contributed by atoms with van der Waals surface area (Å²) in [6, 6.07) is 0.848. The van der Waals surface area contributed by atoms with E-state index in [1.165, 1.54) is 19.9 Å². The Morgan fingerprint density at radius 2 is 2.00 bits per heavy atom. The second-order valence-electron chi connectivity index (χ2n) is 5.92. The summed E-state index contributed by atoms with van der Waals surface area (Å²) in [4.78, 5) is 6.34. The molecule has 3 unspecified atom stereocenters. The topological polar surface area (TPSA) is 59.9 Å². The minimum atomic E-state index is -4.62. The third-order valence-corrected chi connectivity index (χ3v) is 4.09. The van der Waals surface area contributed by atoms with Gasteiger partial charge >= 0.3 is 6.18 Å². The number of guanidine groups is 1. The fourth-order valence-corrected chi connectivity index (χ4v) is 2.61. The minimum Gasteiger partial charge on any atom is -0.382 e. The number of aliphatic imine (C=N–C) groups is 1. The van der Waals surface area contributed by atoms with Crippen LogP contribution in [-0.4, -0.2) is 67.0 Å². The van der Waals surface area contributed by atoms with Crippen LogP contribution in [0.5, 0.6) is 0 Å². The van der Waals surface area contributed by atoms with E-state index < -0.39 is 18.8 Å². The quantitative estimate of drug-likeness (QED) is 0.352. The van der Waals surface area contributed by atoms with Gasteiger partial charge in [-0.2, -0.15) is 13.2 Å². The van der Waals surface area contributed by atoms with Gasteiger partial charge in [-0.1, -0.05) is 6.92 Å². The lowest BCUT2D eigenvalue weighted by Crippen LogP contribution is -2.50. The number of hydrogen-bond acceptors (Lipinski definition) is 3. The molecule has 3 atom stereocenters. The van der Waals surface area contributed by atoms with Gasteiger partial charge in [0.05, 0.1) is 6.54 Å². The van der Waals surface area contributed by atoms with Crippen molar-refractivity contribution in [1.29, 1.82) is 0 Å². The van der Waals surface area contributed by atoms with Crippen LogP contribution in [0.2, 0.25) is 0 Å². The number of alkyl halides is 3. The summed E-state index contributed by atoms with van der Waals surface area (Å²) in [6.45, 7) is 3.41. The van der Waals surface area contributed by atoms with Gasteiger partial charge in [0.25, 0.3) is 0 Å². The Morgan fingerprint density at radius 1 is 1.36 bits per heavy atom. The maximum Gasteiger partial charge on any atom is 0.416 e. The van der Waals surface area contributed by atoms with E-state index in [1.807, 2.05) is 0 Å². The van der Waals surface area contributed by atoms with Crippen molar-refractivity contribution in [3.8, 4) is 0 Å². The molecule has 130 valence electrons. The summed E-state index contributed by atoms with van der Waals surface area (Å²) in [5, 5.41) is 14.7. The zero-order chi connectivity index (χ0) is 15.6. The molecule has 0 aromatic rings. The SMILES string of the molecule is CN=C(NCC(O)C(F)(F)F)NC1CN(C2CC2)CC1C.I. The molecule has 0 aromatic heterocycles. The monoisotopic (exact) mass is 436 g/mol. The van der Waals surface area contributed by atoms with E-state index in [9.17, 15) is 13.2 Å². The van der Waals surface area contributed by atoms with Crippen molar-refractivity contribution in [3.63, 3.8) is 0 Å². The highest BCUT2D eigenvalue weighted by molar-refractivity contribution is 14.0. The van der Waals surface area contributed by atoms with Gasteiger partial charge in [0.2, 0.25) is 0 Å². The van der Waals surface area contributed by atoms with Gasteiger partial charge in [0.1, 0.15) is 0 Å². The lowest BCUT2D eigenvalue weighted by Gasteiger charge is -2.22. The first-order chi connectivity index (χ1) is 9.81. The fraction of sp³-hybridized carbons (Fsp3) is 0.923. The summed E-state index contributed by atoms with van der Waals surface area (Å²) in [5.74, 6) is 0.712. The number of likely N-dealkylation sites (tertiary alicyclic amines) is 1. The maximum absolute atomic E-state index is 12.3. The van der Waals surface area contributed by atoms with Crippen molar-refractivity contribution in [2.75, 3.05) is 26.7 Å². The summed E-state index contributed by atoms with van der Waals surface area (Å²) in [6.07, 6.45) is -4.52. The molecule has 0 spiro atoms. The van der Waals surface area contributed by atoms with Crippen LogP contribution in [0.1, 0.15) is 19.8 Å². The Hall–Kier alpha value is -0.290. The predicted molar refractivity (Wildman–Crippen MR) is 89.5 cm³/mol. The number of halogens is 4. The Bertz CT molecular complexity index is 390. The molecule has 5 nitrogen and oxygen atoms in total. The molecule has 0 aromatic carbocycles. The summed E-state index contributed by atoms with van der Waals surface area (Å²) < 4.78 is 36.8. The molecule has 0 radical (unpaired) electrons. The van der Waals surface area contributed by atoms with Crippen LogP contribution in [0.15, 0.2) is 4.99 Å². The third-order valence-electron chi connectivity index (χ3n) is 4.09. The average molecular weight is 436 g/mol. The molecule has 9 heteroatoms. The Labute approximate surface area is 145 Å². The van der Waals surface area contributed by atoms with Gasteiger partial charge in [-0.3, -0.25) is 9.89 Å².